The molecule has 0 aliphatic heterocycles. The van der Waals surface area contributed by atoms with Gasteiger partial charge >= 0.3 is 0 Å². The first-order valence-electron chi connectivity index (χ1n) is 6.93. The first kappa shape index (κ1) is 14.3. The van der Waals surface area contributed by atoms with Crippen LogP contribution >= 0.6 is 0 Å². The smallest absolute Gasteiger partial charge is 0.223 e. The van der Waals surface area contributed by atoms with E-state index < -0.39 is 0 Å². The predicted octanol–water partition coefficient (Wildman–Crippen LogP) is 3.48. The summed E-state index contributed by atoms with van der Waals surface area (Å²) < 4.78 is 0. The SMILES string of the molecule is CC(C)CN(CC(C)C)C(=O)CC1C=CCC1. The standard InChI is InChI=1S/C15H27NO/c1-12(2)10-16(11-13(3)4)15(17)9-14-7-5-6-8-14/h5,7,12-14H,6,8-11H2,1-4H3. The molecule has 1 rings (SSSR count). The van der Waals surface area contributed by atoms with Gasteiger partial charge in [0.15, 0.2) is 0 Å². The molecule has 0 spiro atoms. The van der Waals surface area contributed by atoms with Crippen LogP contribution in [0, 0.1) is 17.8 Å². The topological polar surface area (TPSA) is 20.3 Å². The molecule has 98 valence electrons. The zero-order valence-electron chi connectivity index (χ0n) is 11.8. The number of rotatable bonds is 6. The molecule has 0 bridgehead atoms. The highest BCUT2D eigenvalue weighted by atomic mass is 16.2. The van der Waals surface area contributed by atoms with Gasteiger partial charge in [-0.25, -0.2) is 0 Å². The highest BCUT2D eigenvalue weighted by Gasteiger charge is 2.20. The molecule has 0 heterocycles. The van der Waals surface area contributed by atoms with E-state index in [0.29, 0.717) is 30.1 Å². The number of amides is 1. The Bertz CT molecular complexity index is 258. The Hall–Kier alpha value is -0.790. The fourth-order valence-corrected chi connectivity index (χ4v) is 2.38. The summed E-state index contributed by atoms with van der Waals surface area (Å²) in [5.41, 5.74) is 0. The molecule has 17 heavy (non-hydrogen) atoms. The summed E-state index contributed by atoms with van der Waals surface area (Å²) in [5, 5.41) is 0. The lowest BCUT2D eigenvalue weighted by molar-refractivity contribution is -0.133. The monoisotopic (exact) mass is 237 g/mol. The maximum Gasteiger partial charge on any atom is 0.223 e. The Balaban J connectivity index is 2.48. The average Bonchev–Trinajstić information content (AvgIpc) is 2.67. The van der Waals surface area contributed by atoms with Crippen LogP contribution in [-0.2, 0) is 4.79 Å². The molecule has 1 aliphatic carbocycles. The zero-order valence-corrected chi connectivity index (χ0v) is 11.8. The molecule has 2 nitrogen and oxygen atoms in total. The van der Waals surface area contributed by atoms with Gasteiger partial charge < -0.3 is 4.90 Å². The molecule has 1 unspecified atom stereocenters. The van der Waals surface area contributed by atoms with Gasteiger partial charge in [-0.1, -0.05) is 39.8 Å². The second kappa shape index (κ2) is 6.83. The Morgan fingerprint density at radius 2 is 1.82 bits per heavy atom. The van der Waals surface area contributed by atoms with Crippen molar-refractivity contribution in [2.24, 2.45) is 17.8 Å². The molecule has 0 saturated carbocycles. The van der Waals surface area contributed by atoms with E-state index in [4.69, 9.17) is 0 Å². The molecule has 1 atom stereocenters. The van der Waals surface area contributed by atoms with E-state index in [1.807, 2.05) is 0 Å². The largest absolute Gasteiger partial charge is 0.342 e. The Morgan fingerprint density at radius 1 is 1.24 bits per heavy atom. The molecule has 0 aromatic heterocycles. The second-order valence-corrected chi connectivity index (χ2v) is 6.06. The maximum absolute atomic E-state index is 12.3. The van der Waals surface area contributed by atoms with Gasteiger partial charge in [0, 0.05) is 19.5 Å². The third-order valence-corrected chi connectivity index (χ3v) is 3.07. The van der Waals surface area contributed by atoms with Crippen molar-refractivity contribution in [1.82, 2.24) is 4.90 Å². The van der Waals surface area contributed by atoms with Gasteiger partial charge in [-0.2, -0.15) is 0 Å². The summed E-state index contributed by atoms with van der Waals surface area (Å²) in [6, 6.07) is 0. The van der Waals surface area contributed by atoms with Crippen molar-refractivity contribution < 1.29 is 4.79 Å². The first-order valence-corrected chi connectivity index (χ1v) is 6.93. The van der Waals surface area contributed by atoms with Crippen molar-refractivity contribution in [3.63, 3.8) is 0 Å². The quantitative estimate of drug-likeness (QED) is 0.648. The van der Waals surface area contributed by atoms with Gasteiger partial charge in [0.2, 0.25) is 5.91 Å². The zero-order chi connectivity index (χ0) is 12.8. The lowest BCUT2D eigenvalue weighted by atomic mass is 10.0. The summed E-state index contributed by atoms with van der Waals surface area (Å²) in [4.78, 5) is 14.3. The van der Waals surface area contributed by atoms with Crippen molar-refractivity contribution in [2.45, 2.75) is 47.0 Å². The maximum atomic E-state index is 12.3. The number of carbonyl (C=O) groups excluding carboxylic acids is 1. The van der Waals surface area contributed by atoms with Crippen LogP contribution in [0.4, 0.5) is 0 Å². The molecule has 0 aromatic carbocycles. The summed E-state index contributed by atoms with van der Waals surface area (Å²) >= 11 is 0. The normalized spacial score (nSPS) is 19.3. The highest BCUT2D eigenvalue weighted by molar-refractivity contribution is 5.76. The minimum Gasteiger partial charge on any atom is -0.342 e. The Labute approximate surface area is 106 Å². The minimum absolute atomic E-state index is 0.337. The molecule has 0 radical (unpaired) electrons. The van der Waals surface area contributed by atoms with Crippen LogP contribution < -0.4 is 0 Å². The predicted molar refractivity (Wildman–Crippen MR) is 72.7 cm³/mol. The minimum atomic E-state index is 0.337. The van der Waals surface area contributed by atoms with Crippen LogP contribution in [0.3, 0.4) is 0 Å². The second-order valence-electron chi connectivity index (χ2n) is 6.06. The lowest BCUT2D eigenvalue weighted by Crippen LogP contribution is -2.37. The molecule has 1 aliphatic rings. The molecular weight excluding hydrogens is 210 g/mol. The van der Waals surface area contributed by atoms with Gasteiger partial charge in [0.05, 0.1) is 0 Å². The van der Waals surface area contributed by atoms with Gasteiger partial charge in [0.25, 0.3) is 0 Å². The van der Waals surface area contributed by atoms with Crippen LogP contribution in [0.5, 0.6) is 0 Å². The molecule has 0 fully saturated rings. The van der Waals surface area contributed by atoms with Crippen LogP contribution in [0.25, 0.3) is 0 Å². The van der Waals surface area contributed by atoms with Crippen LogP contribution in [0.15, 0.2) is 12.2 Å². The summed E-state index contributed by atoms with van der Waals surface area (Å²) in [7, 11) is 0. The fraction of sp³-hybridized carbons (Fsp3) is 0.800. The summed E-state index contributed by atoms with van der Waals surface area (Å²) in [6.45, 7) is 10.5. The first-order chi connectivity index (χ1) is 7.99. The third-order valence-electron chi connectivity index (χ3n) is 3.07. The number of carbonyl (C=O) groups is 1. The van der Waals surface area contributed by atoms with Crippen molar-refractivity contribution >= 4 is 5.91 Å². The molecule has 2 heteroatoms. The molecule has 1 amide bonds. The van der Waals surface area contributed by atoms with Crippen LogP contribution in [0.2, 0.25) is 0 Å². The number of allylic oxidation sites excluding steroid dienone is 2. The summed E-state index contributed by atoms with van der Waals surface area (Å²) in [5.74, 6) is 1.93. The van der Waals surface area contributed by atoms with E-state index in [2.05, 4.69) is 44.7 Å². The van der Waals surface area contributed by atoms with Crippen LogP contribution in [0.1, 0.15) is 47.0 Å². The van der Waals surface area contributed by atoms with E-state index in [-0.39, 0.29) is 0 Å². The fourth-order valence-electron chi connectivity index (χ4n) is 2.38. The van der Waals surface area contributed by atoms with E-state index in [1.165, 1.54) is 0 Å². The highest BCUT2D eigenvalue weighted by Crippen LogP contribution is 2.21. The Morgan fingerprint density at radius 3 is 2.24 bits per heavy atom. The molecule has 0 saturated heterocycles. The number of hydrogen-bond acceptors (Lipinski definition) is 1. The van der Waals surface area contributed by atoms with Crippen LogP contribution in [-0.4, -0.2) is 23.9 Å². The van der Waals surface area contributed by atoms with E-state index >= 15 is 0 Å². The Kier molecular flexibility index (Phi) is 5.73. The number of nitrogens with zero attached hydrogens (tertiary/aromatic N) is 1. The van der Waals surface area contributed by atoms with Crippen molar-refractivity contribution in [1.29, 1.82) is 0 Å². The van der Waals surface area contributed by atoms with E-state index in [0.717, 1.165) is 25.9 Å². The molecular formula is C15H27NO. The third kappa shape index (κ3) is 5.38. The van der Waals surface area contributed by atoms with Gasteiger partial charge in [-0.15, -0.1) is 0 Å². The van der Waals surface area contributed by atoms with Crippen molar-refractivity contribution in [3.8, 4) is 0 Å². The lowest BCUT2D eigenvalue weighted by Gasteiger charge is -2.27. The van der Waals surface area contributed by atoms with Crippen molar-refractivity contribution in [2.75, 3.05) is 13.1 Å². The van der Waals surface area contributed by atoms with E-state index in [9.17, 15) is 4.79 Å². The van der Waals surface area contributed by atoms with E-state index in [1.54, 1.807) is 0 Å². The number of hydrogen-bond donors (Lipinski definition) is 0. The van der Waals surface area contributed by atoms with Gasteiger partial charge in [0.1, 0.15) is 0 Å². The van der Waals surface area contributed by atoms with Crippen molar-refractivity contribution in [3.05, 3.63) is 12.2 Å². The molecule has 0 aromatic rings. The summed E-state index contributed by atoms with van der Waals surface area (Å²) in [6.07, 6.45) is 7.42. The van der Waals surface area contributed by atoms with Gasteiger partial charge in [-0.3, -0.25) is 4.79 Å². The molecule has 0 N–H and O–H groups in total. The average molecular weight is 237 g/mol. The van der Waals surface area contributed by atoms with Gasteiger partial charge in [-0.05, 0) is 30.6 Å².